The van der Waals surface area contributed by atoms with Gasteiger partial charge in [-0.3, -0.25) is 4.90 Å². The van der Waals surface area contributed by atoms with Gasteiger partial charge in [0, 0.05) is 38.0 Å². The summed E-state index contributed by atoms with van der Waals surface area (Å²) in [5.41, 5.74) is 5.94. The molecule has 5 aromatic rings. The van der Waals surface area contributed by atoms with Gasteiger partial charge in [-0.05, 0) is 80.6 Å². The van der Waals surface area contributed by atoms with Crippen LogP contribution in [0.25, 0.3) is 16.6 Å². The molecule has 11 heteroatoms. The monoisotopic (exact) mass is 638 g/mol. The number of aryl methyl sites for hydroxylation is 2. The van der Waals surface area contributed by atoms with Crippen LogP contribution in [0.5, 0.6) is 11.6 Å². The lowest BCUT2D eigenvalue weighted by Crippen LogP contribution is -2.38. The summed E-state index contributed by atoms with van der Waals surface area (Å²) in [5, 5.41) is 9.28. The Balaban J connectivity index is 1.12. The third-order valence-corrected chi connectivity index (χ3v) is 8.51. The van der Waals surface area contributed by atoms with Crippen LogP contribution in [-0.2, 0) is 31.0 Å². The first kappa shape index (κ1) is 31.9. The number of halogens is 1. The lowest BCUT2D eigenvalue weighted by molar-refractivity contribution is -0.131. The van der Waals surface area contributed by atoms with Crippen LogP contribution in [0, 0.1) is 12.7 Å². The number of piperidine rings is 1. The first-order valence-corrected chi connectivity index (χ1v) is 15.9. The molecule has 0 aliphatic carbocycles. The van der Waals surface area contributed by atoms with Gasteiger partial charge in [0.05, 0.1) is 41.8 Å². The van der Waals surface area contributed by atoms with E-state index < -0.39 is 5.97 Å². The van der Waals surface area contributed by atoms with E-state index in [-0.39, 0.29) is 24.3 Å². The number of aromatic nitrogens is 5. The minimum absolute atomic E-state index is 0.0220. The number of likely N-dealkylation sites (tertiary alicyclic amines) is 1. The van der Waals surface area contributed by atoms with E-state index in [0.29, 0.717) is 30.2 Å². The zero-order valence-electron chi connectivity index (χ0n) is 26.9. The van der Waals surface area contributed by atoms with Crippen LogP contribution >= 0.6 is 0 Å². The van der Waals surface area contributed by atoms with E-state index in [2.05, 4.69) is 30.9 Å². The molecule has 1 saturated heterocycles. The van der Waals surface area contributed by atoms with Crippen LogP contribution in [-0.4, -0.2) is 59.3 Å². The number of benzene rings is 2. The SMILES string of the molecule is CCn1cncc1Cn1c(CN2CCC(Oc3cccc(COc4ccc(C)cc4F)n3)CC2)nc2ccc(/C(C)=C/C(=O)O)cc21. The molecule has 47 heavy (non-hydrogen) atoms. The smallest absolute Gasteiger partial charge is 0.328 e. The Labute approximate surface area is 273 Å². The van der Waals surface area contributed by atoms with Crippen molar-refractivity contribution in [3.63, 3.8) is 0 Å². The first-order valence-electron chi connectivity index (χ1n) is 15.9. The molecule has 1 aliphatic heterocycles. The number of imidazole rings is 2. The van der Waals surface area contributed by atoms with Crippen LogP contribution in [0.1, 0.15) is 55.0 Å². The highest BCUT2D eigenvalue weighted by molar-refractivity contribution is 5.91. The number of fused-ring (bicyclic) bond motifs is 1. The standard InChI is InChI=1S/C36H39FN6O4/c1-4-42-23-38-19-28(42)20-43-32-18-26(25(3)17-36(44)45)9-10-31(32)40-34(43)21-41-14-12-29(13-15-41)47-35-7-5-6-27(39-35)22-46-33-11-8-24(2)16-30(33)37/h5-11,16-19,23,29H,4,12-15,20-22H2,1-3H3,(H,44,45)/b25-17+. The van der Waals surface area contributed by atoms with E-state index in [4.69, 9.17) is 14.5 Å². The lowest BCUT2D eigenvalue weighted by atomic mass is 10.1. The normalized spacial score (nSPS) is 14.5. The first-order chi connectivity index (χ1) is 22.7. The Morgan fingerprint density at radius 3 is 2.68 bits per heavy atom. The van der Waals surface area contributed by atoms with Crippen molar-refractivity contribution < 1.29 is 23.8 Å². The van der Waals surface area contributed by atoms with Gasteiger partial charge >= 0.3 is 5.97 Å². The number of ether oxygens (including phenoxy) is 2. The van der Waals surface area contributed by atoms with Crippen LogP contribution in [0.15, 0.2) is 73.2 Å². The van der Waals surface area contributed by atoms with Gasteiger partial charge in [-0.25, -0.2) is 24.1 Å². The number of carbonyl (C=O) groups is 1. The molecule has 0 spiro atoms. The number of carboxylic acids is 1. The second kappa shape index (κ2) is 14.2. The van der Waals surface area contributed by atoms with Gasteiger partial charge in [0.15, 0.2) is 11.6 Å². The zero-order chi connectivity index (χ0) is 32.9. The average Bonchev–Trinajstić information content (AvgIpc) is 3.65. The van der Waals surface area contributed by atoms with Crippen LogP contribution in [0.4, 0.5) is 4.39 Å². The van der Waals surface area contributed by atoms with E-state index in [0.717, 1.165) is 66.2 Å². The highest BCUT2D eigenvalue weighted by Gasteiger charge is 2.24. The Hall–Kier alpha value is -5.03. The van der Waals surface area contributed by atoms with Crippen molar-refractivity contribution in [1.29, 1.82) is 0 Å². The van der Waals surface area contributed by atoms with Crippen molar-refractivity contribution in [2.75, 3.05) is 13.1 Å². The van der Waals surface area contributed by atoms with Gasteiger partial charge in [0.1, 0.15) is 18.5 Å². The van der Waals surface area contributed by atoms with Gasteiger partial charge in [-0.2, -0.15) is 0 Å². The highest BCUT2D eigenvalue weighted by atomic mass is 19.1. The van der Waals surface area contributed by atoms with E-state index >= 15 is 0 Å². The minimum atomic E-state index is -0.969. The summed E-state index contributed by atoms with van der Waals surface area (Å²) in [7, 11) is 0. The molecule has 0 unspecified atom stereocenters. The fourth-order valence-electron chi connectivity index (χ4n) is 5.94. The number of allylic oxidation sites excluding steroid dienone is 1. The molecule has 0 saturated carbocycles. The molecular formula is C36H39FN6O4. The zero-order valence-corrected chi connectivity index (χ0v) is 26.9. The summed E-state index contributed by atoms with van der Waals surface area (Å²) < 4.78 is 30.5. The van der Waals surface area contributed by atoms with Crippen molar-refractivity contribution >= 4 is 22.6 Å². The second-order valence-electron chi connectivity index (χ2n) is 11.9. The van der Waals surface area contributed by atoms with Crippen molar-refractivity contribution in [3.05, 3.63) is 107 Å². The van der Waals surface area contributed by atoms with Crippen LogP contribution in [0.2, 0.25) is 0 Å². The predicted octanol–water partition coefficient (Wildman–Crippen LogP) is 6.25. The summed E-state index contributed by atoms with van der Waals surface area (Å²) in [6, 6.07) is 16.4. The van der Waals surface area contributed by atoms with Gasteiger partial charge in [-0.15, -0.1) is 0 Å². The Bertz CT molecular complexity index is 1910. The van der Waals surface area contributed by atoms with Crippen molar-refractivity contribution in [2.24, 2.45) is 0 Å². The van der Waals surface area contributed by atoms with E-state index in [1.807, 2.05) is 61.9 Å². The molecule has 244 valence electrons. The predicted molar refractivity (Wildman–Crippen MR) is 177 cm³/mol. The summed E-state index contributed by atoms with van der Waals surface area (Å²) in [5.74, 6) is 0.320. The molecule has 3 aromatic heterocycles. The summed E-state index contributed by atoms with van der Waals surface area (Å²) in [6.45, 7) is 9.64. The highest BCUT2D eigenvalue weighted by Crippen LogP contribution is 2.26. The number of nitrogens with zero attached hydrogens (tertiary/aromatic N) is 6. The molecule has 10 nitrogen and oxygen atoms in total. The fourth-order valence-corrected chi connectivity index (χ4v) is 5.94. The van der Waals surface area contributed by atoms with Crippen LogP contribution in [0.3, 0.4) is 0 Å². The maximum absolute atomic E-state index is 14.2. The van der Waals surface area contributed by atoms with Crippen molar-refractivity contribution in [1.82, 2.24) is 29.0 Å². The largest absolute Gasteiger partial charge is 0.484 e. The van der Waals surface area contributed by atoms with Gasteiger partial charge in [0.25, 0.3) is 0 Å². The lowest BCUT2D eigenvalue weighted by Gasteiger charge is -2.31. The molecular weight excluding hydrogens is 599 g/mol. The third kappa shape index (κ3) is 7.69. The Morgan fingerprint density at radius 1 is 1.09 bits per heavy atom. The number of rotatable bonds is 12. The quantitative estimate of drug-likeness (QED) is 0.160. The molecule has 2 aromatic carbocycles. The topological polar surface area (TPSA) is 108 Å². The Kier molecular flexibility index (Phi) is 9.63. The molecule has 1 N–H and O–H groups in total. The summed E-state index contributed by atoms with van der Waals surface area (Å²) in [4.78, 5) is 27.7. The number of pyridine rings is 1. The van der Waals surface area contributed by atoms with Gasteiger partial charge < -0.3 is 23.7 Å². The molecule has 0 bridgehead atoms. The van der Waals surface area contributed by atoms with E-state index in [1.165, 1.54) is 12.1 Å². The molecule has 0 amide bonds. The van der Waals surface area contributed by atoms with E-state index in [9.17, 15) is 14.3 Å². The summed E-state index contributed by atoms with van der Waals surface area (Å²) in [6.07, 6.45) is 6.65. The summed E-state index contributed by atoms with van der Waals surface area (Å²) >= 11 is 0. The molecule has 0 atom stereocenters. The second-order valence-corrected chi connectivity index (χ2v) is 11.9. The Morgan fingerprint density at radius 2 is 1.91 bits per heavy atom. The molecule has 0 radical (unpaired) electrons. The number of aliphatic carboxylic acids is 1. The maximum atomic E-state index is 14.2. The number of hydrogen-bond donors (Lipinski definition) is 1. The van der Waals surface area contributed by atoms with Gasteiger partial charge in [0.2, 0.25) is 5.88 Å². The van der Waals surface area contributed by atoms with Crippen molar-refractivity contribution in [3.8, 4) is 11.6 Å². The van der Waals surface area contributed by atoms with Crippen molar-refractivity contribution in [2.45, 2.75) is 66.0 Å². The third-order valence-electron chi connectivity index (χ3n) is 8.51. The number of hydrogen-bond acceptors (Lipinski definition) is 7. The number of carboxylic acid groups (broad SMARTS) is 1. The van der Waals surface area contributed by atoms with Crippen LogP contribution < -0.4 is 9.47 Å². The van der Waals surface area contributed by atoms with Gasteiger partial charge in [-0.1, -0.05) is 18.2 Å². The average molecular weight is 639 g/mol. The fraction of sp³-hybridized carbons (Fsp3) is 0.333. The minimum Gasteiger partial charge on any atom is -0.484 e. The van der Waals surface area contributed by atoms with E-state index in [1.54, 1.807) is 13.0 Å². The molecule has 1 aliphatic rings. The maximum Gasteiger partial charge on any atom is 0.328 e. The molecule has 1 fully saturated rings. The molecule has 6 rings (SSSR count). The molecule has 4 heterocycles.